The van der Waals surface area contributed by atoms with Crippen LogP contribution in [0.2, 0.25) is 0 Å². The predicted molar refractivity (Wildman–Crippen MR) is 94.3 cm³/mol. The summed E-state index contributed by atoms with van der Waals surface area (Å²) < 4.78 is 5.37. The van der Waals surface area contributed by atoms with Gasteiger partial charge >= 0.3 is 0 Å². The molecule has 132 valence electrons. The van der Waals surface area contributed by atoms with Gasteiger partial charge in [0.15, 0.2) is 0 Å². The number of nitrogens with zero attached hydrogens (tertiary/aromatic N) is 3. The molecule has 0 bridgehead atoms. The van der Waals surface area contributed by atoms with E-state index in [1.807, 2.05) is 29.2 Å². The first kappa shape index (κ1) is 17.2. The van der Waals surface area contributed by atoms with Crippen LogP contribution >= 0.6 is 0 Å². The van der Waals surface area contributed by atoms with Crippen molar-refractivity contribution in [1.29, 1.82) is 0 Å². The van der Waals surface area contributed by atoms with Gasteiger partial charge in [-0.25, -0.2) is 0 Å². The van der Waals surface area contributed by atoms with Crippen molar-refractivity contribution in [2.24, 2.45) is 0 Å². The molecule has 1 atom stereocenters. The predicted octanol–water partition coefficient (Wildman–Crippen LogP) is 0.416. The molecule has 1 amide bonds. The molecular weight excluding hydrogens is 304 g/mol. The molecule has 0 spiro atoms. The minimum Gasteiger partial charge on any atom is -0.497 e. The smallest absolute Gasteiger partial charge is 0.244 e. The number of carbonyl (C=O) groups is 1. The molecule has 3 rings (SSSR count). The largest absolute Gasteiger partial charge is 0.497 e. The minimum atomic E-state index is -0.217. The zero-order valence-electron chi connectivity index (χ0n) is 14.7. The van der Waals surface area contributed by atoms with Crippen LogP contribution in [-0.2, 0) is 4.79 Å². The molecule has 0 saturated carbocycles. The van der Waals surface area contributed by atoms with E-state index in [1.54, 1.807) is 7.11 Å². The zero-order valence-corrected chi connectivity index (χ0v) is 14.7. The summed E-state index contributed by atoms with van der Waals surface area (Å²) in [7, 11) is 3.78. The summed E-state index contributed by atoms with van der Waals surface area (Å²) in [6.07, 6.45) is 0. The third-order valence-corrected chi connectivity index (χ3v) is 4.98. The molecule has 2 heterocycles. The van der Waals surface area contributed by atoms with E-state index in [-0.39, 0.29) is 11.9 Å². The fourth-order valence-electron chi connectivity index (χ4n) is 3.46. The highest BCUT2D eigenvalue weighted by Gasteiger charge is 2.33. The maximum atomic E-state index is 13.3. The number of piperazine rings is 2. The normalized spacial score (nSPS) is 21.5. The second-order valence-electron chi connectivity index (χ2n) is 6.59. The Labute approximate surface area is 144 Å². The summed E-state index contributed by atoms with van der Waals surface area (Å²) in [5.74, 6) is 1.03. The second-order valence-corrected chi connectivity index (χ2v) is 6.59. The Morgan fingerprint density at radius 3 is 2.50 bits per heavy atom. The van der Waals surface area contributed by atoms with Crippen LogP contribution in [0.25, 0.3) is 0 Å². The number of methoxy groups -OCH3 is 1. The van der Waals surface area contributed by atoms with Gasteiger partial charge in [0.25, 0.3) is 0 Å². The monoisotopic (exact) mass is 332 g/mol. The lowest BCUT2D eigenvalue weighted by Gasteiger charge is -2.39. The van der Waals surface area contributed by atoms with Gasteiger partial charge < -0.3 is 19.9 Å². The van der Waals surface area contributed by atoms with Crippen molar-refractivity contribution in [2.45, 2.75) is 6.04 Å². The van der Waals surface area contributed by atoms with Gasteiger partial charge in [-0.05, 0) is 24.7 Å². The van der Waals surface area contributed by atoms with Crippen molar-refractivity contribution in [3.05, 3.63) is 29.8 Å². The first-order valence-corrected chi connectivity index (χ1v) is 8.75. The van der Waals surface area contributed by atoms with Crippen LogP contribution in [0.3, 0.4) is 0 Å². The number of hydrogen-bond acceptors (Lipinski definition) is 5. The van der Waals surface area contributed by atoms with Gasteiger partial charge in [0.1, 0.15) is 11.8 Å². The molecule has 2 saturated heterocycles. The fraction of sp³-hybridized carbons (Fsp3) is 0.611. The molecule has 24 heavy (non-hydrogen) atoms. The highest BCUT2D eigenvalue weighted by molar-refractivity contribution is 5.83. The van der Waals surface area contributed by atoms with Crippen molar-refractivity contribution < 1.29 is 9.53 Å². The molecule has 1 N–H and O–H groups in total. The Kier molecular flexibility index (Phi) is 5.71. The zero-order chi connectivity index (χ0) is 16.9. The summed E-state index contributed by atoms with van der Waals surface area (Å²) in [6, 6.07) is 7.73. The summed E-state index contributed by atoms with van der Waals surface area (Å²) in [4.78, 5) is 19.9. The van der Waals surface area contributed by atoms with E-state index in [0.29, 0.717) is 0 Å². The third-order valence-electron chi connectivity index (χ3n) is 4.98. The highest BCUT2D eigenvalue weighted by atomic mass is 16.5. The first-order valence-electron chi connectivity index (χ1n) is 8.75. The van der Waals surface area contributed by atoms with E-state index in [9.17, 15) is 4.79 Å². The first-order chi connectivity index (χ1) is 11.7. The van der Waals surface area contributed by atoms with Crippen LogP contribution in [0.4, 0.5) is 0 Å². The second kappa shape index (κ2) is 7.96. The summed E-state index contributed by atoms with van der Waals surface area (Å²) >= 11 is 0. The fourth-order valence-corrected chi connectivity index (χ4v) is 3.46. The molecule has 2 aliphatic heterocycles. The molecule has 0 aromatic heterocycles. The minimum absolute atomic E-state index is 0.217. The maximum Gasteiger partial charge on any atom is 0.244 e. The average Bonchev–Trinajstić information content (AvgIpc) is 2.63. The lowest BCUT2D eigenvalue weighted by Crippen LogP contribution is -2.53. The SMILES string of the molecule is COc1cccc(C(C(=O)N2CCN(C)CC2)N2CCNCC2)c1. The van der Waals surface area contributed by atoms with Crippen molar-refractivity contribution in [3.63, 3.8) is 0 Å². The van der Waals surface area contributed by atoms with E-state index in [2.05, 4.69) is 22.2 Å². The number of amides is 1. The van der Waals surface area contributed by atoms with Crippen molar-refractivity contribution in [3.8, 4) is 5.75 Å². The number of ether oxygens (including phenoxy) is 1. The maximum absolute atomic E-state index is 13.3. The molecule has 2 aliphatic rings. The van der Waals surface area contributed by atoms with E-state index >= 15 is 0 Å². The summed E-state index contributed by atoms with van der Waals surface area (Å²) in [5.41, 5.74) is 1.03. The Balaban J connectivity index is 1.84. The van der Waals surface area contributed by atoms with Gasteiger partial charge in [-0.2, -0.15) is 0 Å². The number of benzene rings is 1. The molecule has 1 aromatic rings. The highest BCUT2D eigenvalue weighted by Crippen LogP contribution is 2.27. The topological polar surface area (TPSA) is 48.1 Å². The average molecular weight is 332 g/mol. The van der Waals surface area contributed by atoms with Gasteiger partial charge in [0.2, 0.25) is 5.91 Å². The van der Waals surface area contributed by atoms with Crippen LogP contribution < -0.4 is 10.1 Å². The van der Waals surface area contributed by atoms with E-state index in [4.69, 9.17) is 4.74 Å². The van der Waals surface area contributed by atoms with Crippen LogP contribution in [0.15, 0.2) is 24.3 Å². The van der Waals surface area contributed by atoms with Gasteiger partial charge in [-0.15, -0.1) is 0 Å². The van der Waals surface area contributed by atoms with Crippen molar-refractivity contribution >= 4 is 5.91 Å². The van der Waals surface area contributed by atoms with Crippen LogP contribution in [-0.4, -0.2) is 87.1 Å². The Hall–Kier alpha value is -1.63. The summed E-state index contributed by atoms with van der Waals surface area (Å²) in [5, 5.41) is 3.37. The number of carbonyl (C=O) groups excluding carboxylic acids is 1. The van der Waals surface area contributed by atoms with Crippen LogP contribution in [0.5, 0.6) is 5.75 Å². The van der Waals surface area contributed by atoms with Gasteiger partial charge in [-0.3, -0.25) is 9.69 Å². The molecule has 1 aromatic carbocycles. The van der Waals surface area contributed by atoms with Crippen LogP contribution in [0.1, 0.15) is 11.6 Å². The quantitative estimate of drug-likeness (QED) is 0.866. The number of rotatable bonds is 4. The molecule has 0 radical (unpaired) electrons. The Bertz CT molecular complexity index is 552. The lowest BCUT2D eigenvalue weighted by atomic mass is 10.0. The van der Waals surface area contributed by atoms with E-state index < -0.39 is 0 Å². The standard InChI is InChI=1S/C18H28N4O2/c1-20-10-12-22(13-11-20)18(23)17(21-8-6-19-7-9-21)15-4-3-5-16(14-15)24-2/h3-5,14,17,19H,6-13H2,1-2H3. The van der Waals surface area contributed by atoms with Gasteiger partial charge in [-0.1, -0.05) is 12.1 Å². The van der Waals surface area contributed by atoms with Crippen molar-refractivity contribution in [1.82, 2.24) is 20.0 Å². The van der Waals surface area contributed by atoms with Gasteiger partial charge in [0, 0.05) is 52.4 Å². The molecule has 6 nitrogen and oxygen atoms in total. The van der Waals surface area contributed by atoms with Crippen molar-refractivity contribution in [2.75, 3.05) is 66.5 Å². The third kappa shape index (κ3) is 3.88. The van der Waals surface area contributed by atoms with Crippen LogP contribution in [0, 0.1) is 0 Å². The number of hydrogen-bond donors (Lipinski definition) is 1. The molecular formula is C18H28N4O2. The number of likely N-dealkylation sites (N-methyl/N-ethyl adjacent to an activating group) is 1. The molecule has 2 fully saturated rings. The molecule has 6 heteroatoms. The summed E-state index contributed by atoms with van der Waals surface area (Å²) in [6.45, 7) is 7.13. The molecule has 0 aliphatic carbocycles. The Morgan fingerprint density at radius 1 is 1.12 bits per heavy atom. The van der Waals surface area contributed by atoms with Gasteiger partial charge in [0.05, 0.1) is 7.11 Å². The molecule has 1 unspecified atom stereocenters. The number of nitrogens with one attached hydrogen (secondary N) is 1. The lowest BCUT2D eigenvalue weighted by molar-refractivity contribution is -0.139. The Morgan fingerprint density at radius 2 is 1.83 bits per heavy atom. The van der Waals surface area contributed by atoms with E-state index in [1.165, 1.54) is 0 Å². The van der Waals surface area contributed by atoms with E-state index in [0.717, 1.165) is 63.7 Å².